The molecule has 166 valence electrons. The van der Waals surface area contributed by atoms with Crippen molar-refractivity contribution in [3.05, 3.63) is 78.0 Å². The van der Waals surface area contributed by atoms with Crippen LogP contribution in [0.4, 0.5) is 0 Å². The van der Waals surface area contributed by atoms with Gasteiger partial charge in [-0.1, -0.05) is 42.5 Å². The molecule has 0 unspecified atom stereocenters. The highest BCUT2D eigenvalue weighted by Crippen LogP contribution is 2.24. The highest BCUT2D eigenvalue weighted by molar-refractivity contribution is 5.91. The average Bonchev–Trinajstić information content (AvgIpc) is 2.79. The van der Waals surface area contributed by atoms with Gasteiger partial charge in [0, 0.05) is 24.7 Å². The smallest absolute Gasteiger partial charge is 0.247 e. The normalized spacial score (nSPS) is 16.7. The Bertz CT molecular complexity index is 1090. The first-order valence-electron chi connectivity index (χ1n) is 11.4. The van der Waals surface area contributed by atoms with Crippen LogP contribution in [0.5, 0.6) is 0 Å². The summed E-state index contributed by atoms with van der Waals surface area (Å²) in [6.07, 6.45) is 5.12. The molecule has 1 fully saturated rings. The summed E-state index contributed by atoms with van der Waals surface area (Å²) in [7, 11) is 0. The van der Waals surface area contributed by atoms with Gasteiger partial charge >= 0.3 is 0 Å². The van der Waals surface area contributed by atoms with E-state index >= 15 is 0 Å². The maximum atomic E-state index is 13.3. The van der Waals surface area contributed by atoms with Crippen molar-refractivity contribution in [2.45, 2.75) is 45.1 Å². The number of fused-ring (bicyclic) bond motifs is 1. The zero-order valence-corrected chi connectivity index (χ0v) is 18.9. The summed E-state index contributed by atoms with van der Waals surface area (Å²) < 4.78 is 0. The number of hydrogen-bond donors (Lipinski definition) is 1. The molecule has 2 aromatic carbocycles. The zero-order valence-electron chi connectivity index (χ0n) is 18.9. The van der Waals surface area contributed by atoms with Gasteiger partial charge < -0.3 is 10.2 Å². The molecule has 5 heteroatoms. The number of benzene rings is 2. The summed E-state index contributed by atoms with van der Waals surface area (Å²) in [4.78, 5) is 32.1. The molecule has 1 saturated heterocycles. The number of amides is 2. The van der Waals surface area contributed by atoms with Crippen molar-refractivity contribution < 1.29 is 9.59 Å². The van der Waals surface area contributed by atoms with E-state index in [4.69, 9.17) is 0 Å². The van der Waals surface area contributed by atoms with Gasteiger partial charge in [0.25, 0.3) is 0 Å². The van der Waals surface area contributed by atoms with E-state index in [0.29, 0.717) is 5.92 Å². The third-order valence-electron chi connectivity index (χ3n) is 6.19. The summed E-state index contributed by atoms with van der Waals surface area (Å²) in [6, 6.07) is 20.1. The molecule has 1 aromatic heterocycles. The van der Waals surface area contributed by atoms with Crippen molar-refractivity contribution in [3.8, 4) is 0 Å². The van der Waals surface area contributed by atoms with Crippen LogP contribution in [0, 0.1) is 5.92 Å². The molecule has 5 nitrogen and oxygen atoms in total. The first-order chi connectivity index (χ1) is 15.4. The van der Waals surface area contributed by atoms with E-state index in [9.17, 15) is 9.59 Å². The quantitative estimate of drug-likeness (QED) is 0.640. The molecule has 1 aliphatic rings. The van der Waals surface area contributed by atoms with Crippen LogP contribution in [-0.2, 0) is 22.4 Å². The molecule has 2 heterocycles. The average molecular weight is 430 g/mol. The Morgan fingerprint density at radius 3 is 2.69 bits per heavy atom. The highest BCUT2D eigenvalue weighted by Gasteiger charge is 2.35. The molecule has 2 amide bonds. The first-order valence-corrected chi connectivity index (χ1v) is 11.4. The first kappa shape index (κ1) is 22.0. The Hall–Kier alpha value is -3.21. The minimum atomic E-state index is -0.928. The van der Waals surface area contributed by atoms with Crippen LogP contribution in [-0.4, -0.2) is 40.3 Å². The predicted octanol–water partition coefficient (Wildman–Crippen LogP) is 4.15. The Morgan fingerprint density at radius 2 is 1.88 bits per heavy atom. The number of piperidine rings is 1. The highest BCUT2D eigenvalue weighted by atomic mass is 16.2. The van der Waals surface area contributed by atoms with Crippen LogP contribution in [0.25, 0.3) is 10.9 Å². The number of rotatable bonds is 6. The summed E-state index contributed by atoms with van der Waals surface area (Å²) in [6.45, 7) is 5.08. The molecule has 0 radical (unpaired) electrons. The number of carbonyl (C=O) groups is 2. The Kier molecular flexibility index (Phi) is 6.54. The molecule has 0 aliphatic carbocycles. The molecule has 0 spiro atoms. The van der Waals surface area contributed by atoms with E-state index in [2.05, 4.69) is 34.6 Å². The summed E-state index contributed by atoms with van der Waals surface area (Å²) in [5, 5.41) is 4.10. The van der Waals surface area contributed by atoms with Gasteiger partial charge in [0.15, 0.2) is 0 Å². The molecule has 0 bridgehead atoms. The van der Waals surface area contributed by atoms with Crippen LogP contribution in [0.1, 0.15) is 37.8 Å². The third kappa shape index (κ3) is 5.34. The van der Waals surface area contributed by atoms with Crippen molar-refractivity contribution in [1.82, 2.24) is 15.2 Å². The van der Waals surface area contributed by atoms with Gasteiger partial charge in [0.1, 0.15) is 5.54 Å². The lowest BCUT2D eigenvalue weighted by Crippen LogP contribution is -2.58. The second-order valence-electron chi connectivity index (χ2n) is 9.33. The lowest BCUT2D eigenvalue weighted by molar-refractivity contribution is -0.141. The lowest BCUT2D eigenvalue weighted by Gasteiger charge is -2.38. The summed E-state index contributed by atoms with van der Waals surface area (Å²) in [5.74, 6) is 0.275. The number of carbonyl (C=O) groups excluding carboxylic acids is 2. The number of aromatic nitrogens is 1. The Balaban J connectivity index is 1.36. The van der Waals surface area contributed by atoms with Crippen LogP contribution in [0.2, 0.25) is 0 Å². The molecule has 4 rings (SSSR count). The second-order valence-corrected chi connectivity index (χ2v) is 9.33. The maximum absolute atomic E-state index is 13.3. The van der Waals surface area contributed by atoms with Gasteiger partial charge in [-0.3, -0.25) is 14.6 Å². The monoisotopic (exact) mass is 429 g/mol. The fourth-order valence-electron chi connectivity index (χ4n) is 4.62. The van der Waals surface area contributed by atoms with E-state index < -0.39 is 5.54 Å². The van der Waals surface area contributed by atoms with Gasteiger partial charge in [-0.2, -0.15) is 0 Å². The van der Waals surface area contributed by atoms with Gasteiger partial charge in [-0.05, 0) is 68.4 Å². The van der Waals surface area contributed by atoms with E-state index in [-0.39, 0.29) is 18.2 Å². The molecule has 1 atom stereocenters. The second kappa shape index (κ2) is 9.51. The van der Waals surface area contributed by atoms with Gasteiger partial charge in [-0.15, -0.1) is 0 Å². The SMILES string of the molecule is CC(C)(NC(=O)Cc1ccccc1)C(=O)N1CCC[C@@H](Cc2ccc3ncccc3c2)C1. The van der Waals surface area contributed by atoms with Crippen molar-refractivity contribution in [1.29, 1.82) is 0 Å². The minimum absolute atomic E-state index is 0.00803. The van der Waals surface area contributed by atoms with E-state index in [0.717, 1.165) is 48.8 Å². The molecule has 32 heavy (non-hydrogen) atoms. The van der Waals surface area contributed by atoms with Crippen LogP contribution >= 0.6 is 0 Å². The number of nitrogens with one attached hydrogen (secondary N) is 1. The largest absolute Gasteiger partial charge is 0.342 e. The Morgan fingerprint density at radius 1 is 1.06 bits per heavy atom. The fraction of sp³-hybridized carbons (Fsp3) is 0.370. The van der Waals surface area contributed by atoms with Crippen LogP contribution < -0.4 is 5.32 Å². The number of hydrogen-bond acceptors (Lipinski definition) is 3. The van der Waals surface area contributed by atoms with Gasteiger partial charge in [0.2, 0.25) is 11.8 Å². The third-order valence-corrected chi connectivity index (χ3v) is 6.19. The van der Waals surface area contributed by atoms with Crippen LogP contribution in [0.3, 0.4) is 0 Å². The predicted molar refractivity (Wildman–Crippen MR) is 127 cm³/mol. The standard InChI is InChI=1S/C27H31N3O2/c1-27(2,29-25(31)18-20-8-4-3-5-9-20)26(32)30-15-7-10-22(19-30)16-21-12-13-24-23(17-21)11-6-14-28-24/h3-6,8-9,11-14,17,22H,7,10,15-16,18-19H2,1-2H3,(H,29,31)/t22-/m0/s1. The van der Waals surface area contributed by atoms with Crippen molar-refractivity contribution in [3.63, 3.8) is 0 Å². The van der Waals surface area contributed by atoms with E-state index in [1.54, 1.807) is 13.8 Å². The van der Waals surface area contributed by atoms with Crippen molar-refractivity contribution in [2.75, 3.05) is 13.1 Å². The maximum Gasteiger partial charge on any atom is 0.247 e. The summed E-state index contributed by atoms with van der Waals surface area (Å²) >= 11 is 0. The molecule has 1 N–H and O–H groups in total. The molecular weight excluding hydrogens is 398 g/mol. The molecule has 0 saturated carbocycles. The number of pyridine rings is 1. The van der Waals surface area contributed by atoms with E-state index in [1.807, 2.05) is 47.5 Å². The van der Waals surface area contributed by atoms with Gasteiger partial charge in [0.05, 0.1) is 11.9 Å². The lowest BCUT2D eigenvalue weighted by atomic mass is 9.89. The minimum Gasteiger partial charge on any atom is -0.342 e. The van der Waals surface area contributed by atoms with E-state index in [1.165, 1.54) is 5.56 Å². The number of nitrogens with zero attached hydrogens (tertiary/aromatic N) is 2. The van der Waals surface area contributed by atoms with Crippen molar-refractivity contribution >= 4 is 22.7 Å². The summed E-state index contributed by atoms with van der Waals surface area (Å²) in [5.41, 5.74) is 2.30. The number of likely N-dealkylation sites (tertiary alicyclic amines) is 1. The van der Waals surface area contributed by atoms with Crippen molar-refractivity contribution in [2.24, 2.45) is 5.92 Å². The van der Waals surface area contributed by atoms with Crippen LogP contribution in [0.15, 0.2) is 66.9 Å². The Labute approximate surface area is 189 Å². The molecule has 1 aliphatic heterocycles. The molecular formula is C27H31N3O2. The zero-order chi connectivity index (χ0) is 22.6. The van der Waals surface area contributed by atoms with Gasteiger partial charge in [-0.25, -0.2) is 0 Å². The topological polar surface area (TPSA) is 62.3 Å². The molecule has 3 aromatic rings. The fourth-order valence-corrected chi connectivity index (χ4v) is 4.62.